The number of anilines is 1. The summed E-state index contributed by atoms with van der Waals surface area (Å²) in [6.45, 7) is 2.03. The monoisotopic (exact) mass is 538 g/mol. The summed E-state index contributed by atoms with van der Waals surface area (Å²) in [6, 6.07) is 23.3. The molecule has 2 aromatic carbocycles. The molecule has 1 saturated heterocycles. The van der Waals surface area contributed by atoms with Crippen LogP contribution in [-0.4, -0.2) is 49.0 Å². The van der Waals surface area contributed by atoms with Gasteiger partial charge in [0.2, 0.25) is 0 Å². The number of hydrogen-bond donors (Lipinski definition) is 1. The first-order valence-corrected chi connectivity index (χ1v) is 13.3. The number of amides is 2. The van der Waals surface area contributed by atoms with Crippen LogP contribution in [0.3, 0.4) is 0 Å². The fourth-order valence-corrected chi connectivity index (χ4v) is 5.26. The number of nitrogens with one attached hydrogen (secondary N) is 1. The maximum atomic E-state index is 13.1. The highest BCUT2D eigenvalue weighted by Gasteiger charge is 2.25. The molecule has 0 unspecified atom stereocenters. The van der Waals surface area contributed by atoms with Gasteiger partial charge in [0.15, 0.2) is 0 Å². The molecule has 0 atom stereocenters. The number of piperidine rings is 1. The van der Waals surface area contributed by atoms with Crippen LogP contribution in [0.15, 0.2) is 91.4 Å². The smallest absolute Gasteiger partial charge is 0.275 e. The van der Waals surface area contributed by atoms with Crippen molar-refractivity contribution in [2.24, 2.45) is 0 Å². The van der Waals surface area contributed by atoms with Crippen LogP contribution in [0.1, 0.15) is 50.7 Å². The Hall–Kier alpha value is -4.43. The molecule has 2 amide bonds. The molecule has 3 aromatic heterocycles. The van der Waals surface area contributed by atoms with Crippen LogP contribution in [0.25, 0.3) is 5.65 Å². The summed E-state index contributed by atoms with van der Waals surface area (Å²) in [4.78, 5) is 32.1. The summed E-state index contributed by atoms with van der Waals surface area (Å²) in [5.74, 6) is 0.0978. The predicted octanol–water partition coefficient (Wildman–Crippen LogP) is 5.50. The third-order valence-corrected chi connectivity index (χ3v) is 7.47. The fourth-order valence-electron chi connectivity index (χ4n) is 5.05. The van der Waals surface area contributed by atoms with Crippen LogP contribution >= 0.6 is 11.6 Å². The van der Waals surface area contributed by atoms with E-state index < -0.39 is 0 Å². The van der Waals surface area contributed by atoms with Crippen LogP contribution in [0.5, 0.6) is 0 Å². The van der Waals surface area contributed by atoms with E-state index in [0.717, 1.165) is 18.4 Å². The van der Waals surface area contributed by atoms with E-state index in [-0.39, 0.29) is 11.8 Å². The highest BCUT2D eigenvalue weighted by atomic mass is 35.5. The minimum Gasteiger partial charge on any atom is -0.339 e. The normalized spacial score (nSPS) is 14.0. The molecule has 1 aliphatic heterocycles. The van der Waals surface area contributed by atoms with Crippen LogP contribution in [0, 0.1) is 0 Å². The second-order valence-electron chi connectivity index (χ2n) is 9.76. The largest absolute Gasteiger partial charge is 0.339 e. The van der Waals surface area contributed by atoms with Gasteiger partial charge in [-0.3, -0.25) is 18.7 Å². The second-order valence-corrected chi connectivity index (χ2v) is 10.1. The predicted molar refractivity (Wildman–Crippen MR) is 150 cm³/mol. The quantitative estimate of drug-likeness (QED) is 0.289. The van der Waals surface area contributed by atoms with Crippen molar-refractivity contribution in [3.8, 4) is 0 Å². The molecule has 0 bridgehead atoms. The van der Waals surface area contributed by atoms with Crippen molar-refractivity contribution < 1.29 is 9.59 Å². The summed E-state index contributed by atoms with van der Waals surface area (Å²) in [7, 11) is 0. The van der Waals surface area contributed by atoms with Gasteiger partial charge in [0.25, 0.3) is 11.8 Å². The molecular formula is C30H27ClN6O2. The molecule has 1 fully saturated rings. The van der Waals surface area contributed by atoms with Gasteiger partial charge >= 0.3 is 0 Å². The highest BCUT2D eigenvalue weighted by molar-refractivity contribution is 6.29. The summed E-state index contributed by atoms with van der Waals surface area (Å²) >= 11 is 6.18. The lowest BCUT2D eigenvalue weighted by molar-refractivity contribution is 0.0712. The van der Waals surface area contributed by atoms with E-state index in [2.05, 4.69) is 15.4 Å². The summed E-state index contributed by atoms with van der Waals surface area (Å²) in [5, 5.41) is 7.78. The van der Waals surface area contributed by atoms with Crippen LogP contribution < -0.4 is 5.32 Å². The molecule has 0 radical (unpaired) electrons. The number of hydrogen-bond acceptors (Lipinski definition) is 4. The van der Waals surface area contributed by atoms with E-state index >= 15 is 0 Å². The molecule has 4 heterocycles. The van der Waals surface area contributed by atoms with Crippen LogP contribution in [-0.2, 0) is 6.54 Å². The van der Waals surface area contributed by atoms with E-state index in [1.807, 2.05) is 65.7 Å². The van der Waals surface area contributed by atoms with Crippen molar-refractivity contribution >= 4 is 34.7 Å². The third kappa shape index (κ3) is 5.42. The van der Waals surface area contributed by atoms with E-state index in [4.69, 9.17) is 11.6 Å². The van der Waals surface area contributed by atoms with Gasteiger partial charge in [-0.05, 0) is 54.2 Å². The molecule has 5 aromatic rings. The maximum Gasteiger partial charge on any atom is 0.275 e. The summed E-state index contributed by atoms with van der Waals surface area (Å²) in [5.41, 5.74) is 4.59. The molecular weight excluding hydrogens is 512 g/mol. The lowest BCUT2D eigenvalue weighted by Crippen LogP contribution is -2.37. The fraction of sp³-hybridized carbons (Fsp3) is 0.200. The number of imidazole rings is 1. The van der Waals surface area contributed by atoms with Crippen molar-refractivity contribution in [1.29, 1.82) is 0 Å². The lowest BCUT2D eigenvalue weighted by Gasteiger charge is -2.32. The number of likely N-dealkylation sites (tertiary alicyclic amines) is 1. The van der Waals surface area contributed by atoms with Crippen molar-refractivity contribution in [2.75, 3.05) is 18.4 Å². The SMILES string of the molecule is O=C(Nc1ccc(C2CCN(C(=O)c3cnn(Cc4ccccc4)c3)CC2)cc1)c1cn2c(Cl)cccc2n1. The molecule has 9 heteroatoms. The number of fused-ring (bicyclic) bond motifs is 1. The summed E-state index contributed by atoms with van der Waals surface area (Å²) < 4.78 is 3.48. The first-order valence-electron chi connectivity index (χ1n) is 12.9. The van der Waals surface area contributed by atoms with E-state index in [0.29, 0.717) is 53.3 Å². The van der Waals surface area contributed by atoms with Gasteiger partial charge in [0, 0.05) is 31.2 Å². The molecule has 196 valence electrons. The molecule has 1 N–H and O–H groups in total. The topological polar surface area (TPSA) is 84.5 Å². The third-order valence-electron chi connectivity index (χ3n) is 7.16. The Morgan fingerprint density at radius 3 is 2.44 bits per heavy atom. The van der Waals surface area contributed by atoms with Gasteiger partial charge in [-0.25, -0.2) is 4.98 Å². The standard InChI is InChI=1S/C30H27ClN6O2/c31-27-7-4-8-28-34-26(20-37(27)28)29(38)33-25-11-9-22(10-12-25)23-13-15-35(16-14-23)30(39)24-17-32-36(19-24)18-21-5-2-1-3-6-21/h1-12,17,19-20,23H,13-16,18H2,(H,33,38). The molecule has 0 saturated carbocycles. The molecule has 6 rings (SSSR count). The van der Waals surface area contributed by atoms with Crippen molar-refractivity contribution in [3.05, 3.63) is 119 Å². The van der Waals surface area contributed by atoms with E-state index in [1.54, 1.807) is 39.7 Å². The number of halogens is 1. The van der Waals surface area contributed by atoms with Gasteiger partial charge in [-0.2, -0.15) is 5.10 Å². The van der Waals surface area contributed by atoms with Crippen LogP contribution in [0.4, 0.5) is 5.69 Å². The molecule has 1 aliphatic rings. The van der Waals surface area contributed by atoms with E-state index in [9.17, 15) is 9.59 Å². The van der Waals surface area contributed by atoms with Gasteiger partial charge in [0.1, 0.15) is 16.5 Å². The Labute approximate surface area is 230 Å². The highest BCUT2D eigenvalue weighted by Crippen LogP contribution is 2.29. The van der Waals surface area contributed by atoms with E-state index in [1.165, 1.54) is 5.56 Å². The average molecular weight is 539 g/mol. The Morgan fingerprint density at radius 1 is 0.923 bits per heavy atom. The zero-order valence-electron chi connectivity index (χ0n) is 21.2. The number of benzene rings is 2. The number of aromatic nitrogens is 4. The summed E-state index contributed by atoms with van der Waals surface area (Å²) in [6.07, 6.45) is 6.89. The number of pyridine rings is 1. The molecule has 39 heavy (non-hydrogen) atoms. The van der Waals surface area contributed by atoms with Crippen LogP contribution in [0.2, 0.25) is 5.15 Å². The zero-order chi connectivity index (χ0) is 26.8. The molecule has 0 spiro atoms. The maximum absolute atomic E-state index is 13.1. The van der Waals surface area contributed by atoms with Crippen molar-refractivity contribution in [2.45, 2.75) is 25.3 Å². The minimum absolute atomic E-state index is 0.0269. The number of rotatable bonds is 6. The first-order chi connectivity index (χ1) is 19.0. The zero-order valence-corrected chi connectivity index (χ0v) is 22.0. The first kappa shape index (κ1) is 24.9. The second kappa shape index (κ2) is 10.7. The average Bonchev–Trinajstić information content (AvgIpc) is 3.62. The lowest BCUT2D eigenvalue weighted by atomic mass is 9.89. The Kier molecular flexibility index (Phi) is 6.85. The van der Waals surface area contributed by atoms with Gasteiger partial charge < -0.3 is 10.2 Å². The van der Waals surface area contributed by atoms with Gasteiger partial charge in [-0.1, -0.05) is 60.1 Å². The molecule has 0 aliphatic carbocycles. The Morgan fingerprint density at radius 2 is 1.69 bits per heavy atom. The van der Waals surface area contributed by atoms with Gasteiger partial charge in [0.05, 0.1) is 18.3 Å². The number of nitrogens with zero attached hydrogens (tertiary/aromatic N) is 5. The molecule has 8 nitrogen and oxygen atoms in total. The number of carbonyl (C=O) groups excluding carboxylic acids is 2. The number of carbonyl (C=O) groups is 2. The minimum atomic E-state index is -0.290. The van der Waals surface area contributed by atoms with Crippen molar-refractivity contribution in [3.63, 3.8) is 0 Å². The Balaban J connectivity index is 1.03. The Bertz CT molecular complexity index is 1620. The van der Waals surface area contributed by atoms with Crippen molar-refractivity contribution in [1.82, 2.24) is 24.1 Å². The van der Waals surface area contributed by atoms with Gasteiger partial charge in [-0.15, -0.1) is 0 Å².